The zero-order valence-corrected chi connectivity index (χ0v) is 11.4. The van der Waals surface area contributed by atoms with Crippen LogP contribution in [0.3, 0.4) is 0 Å². The summed E-state index contributed by atoms with van der Waals surface area (Å²) in [6.45, 7) is 4.49. The van der Waals surface area contributed by atoms with Crippen LogP contribution in [0.2, 0.25) is 0 Å². The number of thiophene rings is 1. The van der Waals surface area contributed by atoms with Crippen LogP contribution in [0.25, 0.3) is 0 Å². The summed E-state index contributed by atoms with van der Waals surface area (Å²) in [5.74, 6) is 0.700. The van der Waals surface area contributed by atoms with E-state index in [0.29, 0.717) is 12.4 Å². The predicted molar refractivity (Wildman–Crippen MR) is 73.0 cm³/mol. The monoisotopic (exact) mass is 263 g/mol. The van der Waals surface area contributed by atoms with E-state index >= 15 is 0 Å². The number of aromatic nitrogens is 1. The number of pyridine rings is 1. The van der Waals surface area contributed by atoms with Crippen LogP contribution in [-0.2, 0) is 5.60 Å². The first-order valence-corrected chi connectivity index (χ1v) is 6.87. The molecule has 4 heteroatoms. The molecule has 0 saturated heterocycles. The third-order valence-corrected chi connectivity index (χ3v) is 3.83. The Morgan fingerprint density at radius 1 is 1.44 bits per heavy atom. The first-order chi connectivity index (χ1) is 8.64. The molecule has 0 aliphatic rings. The first kappa shape index (κ1) is 13.1. The number of hydrogen-bond donors (Lipinski definition) is 1. The van der Waals surface area contributed by atoms with Crippen LogP contribution >= 0.6 is 11.3 Å². The Morgan fingerprint density at radius 2 is 2.28 bits per heavy atom. The van der Waals surface area contributed by atoms with Gasteiger partial charge in [0.15, 0.2) is 0 Å². The van der Waals surface area contributed by atoms with Crippen molar-refractivity contribution in [3.63, 3.8) is 0 Å². The zero-order chi connectivity index (χ0) is 13.0. The quantitative estimate of drug-likeness (QED) is 0.901. The van der Waals surface area contributed by atoms with Gasteiger partial charge in [-0.3, -0.25) is 4.98 Å². The van der Waals surface area contributed by atoms with E-state index in [0.717, 1.165) is 16.9 Å². The van der Waals surface area contributed by atoms with E-state index in [9.17, 15) is 5.11 Å². The van der Waals surface area contributed by atoms with Crippen molar-refractivity contribution < 1.29 is 9.84 Å². The summed E-state index contributed by atoms with van der Waals surface area (Å²) >= 11 is 1.53. The molecular weight excluding hydrogens is 246 g/mol. The van der Waals surface area contributed by atoms with E-state index in [2.05, 4.69) is 11.9 Å². The molecule has 0 fully saturated rings. The van der Waals surface area contributed by atoms with E-state index in [-0.39, 0.29) is 0 Å². The molecule has 0 radical (unpaired) electrons. The van der Waals surface area contributed by atoms with Crippen molar-refractivity contribution in [2.75, 3.05) is 6.61 Å². The largest absolute Gasteiger partial charge is 0.492 e. The van der Waals surface area contributed by atoms with E-state index < -0.39 is 5.60 Å². The van der Waals surface area contributed by atoms with Crippen LogP contribution in [0.1, 0.15) is 30.7 Å². The van der Waals surface area contributed by atoms with Gasteiger partial charge in [0.05, 0.1) is 12.8 Å². The molecule has 18 heavy (non-hydrogen) atoms. The fourth-order valence-corrected chi connectivity index (χ4v) is 2.49. The van der Waals surface area contributed by atoms with E-state index in [1.54, 1.807) is 19.3 Å². The summed E-state index contributed by atoms with van der Waals surface area (Å²) in [7, 11) is 0. The summed E-state index contributed by atoms with van der Waals surface area (Å²) in [4.78, 5) is 5.03. The van der Waals surface area contributed by atoms with Gasteiger partial charge in [-0.25, -0.2) is 0 Å². The standard InChI is InChI=1S/C14H17NO2S/c1-3-6-17-12-8-11(9-15-10-12)14(2,16)13-5-4-7-18-13/h4-5,7-10,16H,3,6H2,1-2H3. The summed E-state index contributed by atoms with van der Waals surface area (Å²) in [5, 5.41) is 12.6. The topological polar surface area (TPSA) is 42.4 Å². The van der Waals surface area contributed by atoms with Gasteiger partial charge >= 0.3 is 0 Å². The molecule has 2 aromatic rings. The Labute approximate surface area is 111 Å². The van der Waals surface area contributed by atoms with Crippen molar-refractivity contribution in [2.24, 2.45) is 0 Å². The molecular formula is C14H17NO2S. The van der Waals surface area contributed by atoms with Crippen molar-refractivity contribution >= 4 is 11.3 Å². The van der Waals surface area contributed by atoms with Crippen molar-refractivity contribution in [2.45, 2.75) is 25.9 Å². The van der Waals surface area contributed by atoms with E-state index in [1.165, 1.54) is 11.3 Å². The van der Waals surface area contributed by atoms with E-state index in [4.69, 9.17) is 4.74 Å². The molecule has 3 nitrogen and oxygen atoms in total. The lowest BCUT2D eigenvalue weighted by Gasteiger charge is -2.22. The maximum atomic E-state index is 10.6. The van der Waals surface area contributed by atoms with Gasteiger partial charge in [0, 0.05) is 16.6 Å². The predicted octanol–water partition coefficient (Wildman–Crippen LogP) is 3.19. The van der Waals surface area contributed by atoms with E-state index in [1.807, 2.05) is 23.6 Å². The number of aliphatic hydroxyl groups is 1. The molecule has 2 aromatic heterocycles. The van der Waals surface area contributed by atoms with Gasteiger partial charge in [0.2, 0.25) is 0 Å². The third-order valence-electron chi connectivity index (χ3n) is 2.75. The van der Waals surface area contributed by atoms with Crippen LogP contribution < -0.4 is 4.74 Å². The molecule has 0 saturated carbocycles. The van der Waals surface area contributed by atoms with Crippen LogP contribution in [0.4, 0.5) is 0 Å². The molecule has 0 bridgehead atoms. The summed E-state index contributed by atoms with van der Waals surface area (Å²) < 4.78 is 5.54. The molecule has 96 valence electrons. The maximum absolute atomic E-state index is 10.6. The second-order valence-corrected chi connectivity index (χ2v) is 5.25. The molecule has 2 rings (SSSR count). The highest BCUT2D eigenvalue weighted by Crippen LogP contribution is 2.33. The molecule has 0 aliphatic heterocycles. The van der Waals surface area contributed by atoms with Crippen LogP contribution in [0.5, 0.6) is 5.75 Å². The van der Waals surface area contributed by atoms with Gasteiger partial charge in [-0.15, -0.1) is 11.3 Å². The van der Waals surface area contributed by atoms with Crippen molar-refractivity contribution in [1.82, 2.24) is 4.98 Å². The average Bonchev–Trinajstić information content (AvgIpc) is 2.91. The van der Waals surface area contributed by atoms with Crippen LogP contribution in [0, 0.1) is 0 Å². The molecule has 0 spiro atoms. The summed E-state index contributed by atoms with van der Waals surface area (Å²) in [5.41, 5.74) is -0.272. The minimum atomic E-state index is -1.02. The lowest BCUT2D eigenvalue weighted by atomic mass is 9.96. The van der Waals surface area contributed by atoms with Gasteiger partial charge in [-0.05, 0) is 30.9 Å². The molecule has 0 aromatic carbocycles. The molecule has 0 amide bonds. The summed E-state index contributed by atoms with van der Waals surface area (Å²) in [6.07, 6.45) is 4.30. The second kappa shape index (κ2) is 5.50. The molecule has 1 unspecified atom stereocenters. The highest BCUT2D eigenvalue weighted by Gasteiger charge is 2.27. The Bertz CT molecular complexity index is 494. The fourth-order valence-electron chi connectivity index (χ4n) is 1.68. The van der Waals surface area contributed by atoms with Gasteiger partial charge in [0.25, 0.3) is 0 Å². The normalized spacial score (nSPS) is 14.2. The minimum absolute atomic E-state index is 0.659. The van der Waals surface area contributed by atoms with Gasteiger partial charge in [0.1, 0.15) is 11.4 Å². The zero-order valence-electron chi connectivity index (χ0n) is 10.6. The first-order valence-electron chi connectivity index (χ1n) is 5.99. The fraction of sp³-hybridized carbons (Fsp3) is 0.357. The molecule has 1 N–H and O–H groups in total. The Morgan fingerprint density at radius 3 is 2.94 bits per heavy atom. The van der Waals surface area contributed by atoms with Crippen LogP contribution in [0.15, 0.2) is 36.0 Å². The SMILES string of the molecule is CCCOc1cncc(C(C)(O)c2cccs2)c1. The van der Waals surface area contributed by atoms with Crippen LogP contribution in [-0.4, -0.2) is 16.7 Å². The Balaban J connectivity index is 2.27. The molecule has 0 aliphatic carbocycles. The van der Waals surface area contributed by atoms with Crippen molar-refractivity contribution in [3.05, 3.63) is 46.4 Å². The average molecular weight is 263 g/mol. The smallest absolute Gasteiger partial charge is 0.137 e. The number of rotatable bonds is 5. The molecule has 1 atom stereocenters. The minimum Gasteiger partial charge on any atom is -0.492 e. The highest BCUT2D eigenvalue weighted by atomic mass is 32.1. The lowest BCUT2D eigenvalue weighted by molar-refractivity contribution is 0.105. The third kappa shape index (κ3) is 2.71. The number of ether oxygens (including phenoxy) is 1. The second-order valence-electron chi connectivity index (χ2n) is 4.31. The number of hydrogen-bond acceptors (Lipinski definition) is 4. The lowest BCUT2D eigenvalue weighted by Crippen LogP contribution is -2.21. The summed E-state index contributed by atoms with van der Waals surface area (Å²) in [6, 6.07) is 5.70. The van der Waals surface area contributed by atoms with Gasteiger partial charge in [-0.1, -0.05) is 13.0 Å². The van der Waals surface area contributed by atoms with Gasteiger partial charge < -0.3 is 9.84 Å². The van der Waals surface area contributed by atoms with Gasteiger partial charge in [-0.2, -0.15) is 0 Å². The maximum Gasteiger partial charge on any atom is 0.137 e. The number of nitrogens with zero attached hydrogens (tertiary/aromatic N) is 1. The Kier molecular flexibility index (Phi) is 3.99. The van der Waals surface area contributed by atoms with Crippen molar-refractivity contribution in [3.8, 4) is 5.75 Å². The highest BCUT2D eigenvalue weighted by molar-refractivity contribution is 7.10. The van der Waals surface area contributed by atoms with Crippen molar-refractivity contribution in [1.29, 1.82) is 0 Å². The Hall–Kier alpha value is -1.39. The molecule has 2 heterocycles.